The van der Waals surface area contributed by atoms with Crippen LogP contribution in [0.4, 0.5) is 5.69 Å². The Balaban J connectivity index is 1.57. The molecule has 0 spiro atoms. The topological polar surface area (TPSA) is 49.3 Å². The van der Waals surface area contributed by atoms with E-state index in [1.54, 1.807) is 6.26 Å². The van der Waals surface area contributed by atoms with Gasteiger partial charge < -0.3 is 18.9 Å². The molecule has 0 saturated carbocycles. The summed E-state index contributed by atoms with van der Waals surface area (Å²) in [4.78, 5) is 4.64. The molecule has 0 atom stereocenters. The van der Waals surface area contributed by atoms with Gasteiger partial charge in [0.25, 0.3) is 0 Å². The van der Waals surface area contributed by atoms with E-state index in [2.05, 4.69) is 4.99 Å². The second kappa shape index (κ2) is 8.97. The zero-order chi connectivity index (χ0) is 19.9. The molecule has 0 amide bonds. The molecule has 0 unspecified atom stereocenters. The van der Waals surface area contributed by atoms with Gasteiger partial charge in [0.2, 0.25) is 5.90 Å². The summed E-state index contributed by atoms with van der Waals surface area (Å²) in [7, 11) is 0. The van der Waals surface area contributed by atoms with E-state index in [0.29, 0.717) is 36.4 Å². The number of fused-ring (bicyclic) bond motifs is 1. The van der Waals surface area contributed by atoms with E-state index in [-0.39, 0.29) is 0 Å². The fraction of sp³-hybridized carbons (Fsp3) is 0.125. The molecule has 0 N–H and O–H groups in total. The normalized spacial score (nSPS) is 13.7. The molecule has 1 aliphatic rings. The quantitative estimate of drug-likeness (QED) is 0.327. The lowest BCUT2D eigenvalue weighted by Crippen LogP contribution is -2.15. The summed E-state index contributed by atoms with van der Waals surface area (Å²) >= 11 is 0. The van der Waals surface area contributed by atoms with E-state index in [1.807, 2.05) is 85.8 Å². The minimum Gasteiger partial charge on any atom is -0.486 e. The summed E-state index contributed by atoms with van der Waals surface area (Å²) in [6.07, 6.45) is 1.62. The Hall–Kier alpha value is -3.73. The number of rotatable bonds is 5. The Bertz CT molecular complexity index is 1010. The Morgan fingerprint density at radius 3 is 2.28 bits per heavy atom. The van der Waals surface area contributed by atoms with Gasteiger partial charge >= 0.3 is 0 Å². The first-order chi connectivity index (χ1) is 14.3. The van der Waals surface area contributed by atoms with E-state index in [9.17, 15) is 0 Å². The Morgan fingerprint density at radius 1 is 0.828 bits per heavy atom. The standard InChI is InChI=1S/C24H21NO4/c1-18(17-28-21-12-13-22-23(16-21)27-15-14-26-22)24(25-19-8-4-2-5-9-19)29-20-10-6-3-7-11-20/h2-13,16-17H,14-15H2,1H3. The zero-order valence-corrected chi connectivity index (χ0v) is 16.1. The lowest BCUT2D eigenvalue weighted by Gasteiger charge is -2.18. The molecule has 0 bridgehead atoms. The van der Waals surface area contributed by atoms with Crippen LogP contribution in [0.5, 0.6) is 23.0 Å². The van der Waals surface area contributed by atoms with Gasteiger partial charge in [0.15, 0.2) is 11.5 Å². The predicted molar refractivity (Wildman–Crippen MR) is 112 cm³/mol. The van der Waals surface area contributed by atoms with Crippen molar-refractivity contribution in [2.45, 2.75) is 6.92 Å². The van der Waals surface area contributed by atoms with Crippen LogP contribution in [0.25, 0.3) is 0 Å². The van der Waals surface area contributed by atoms with Gasteiger partial charge in [-0.15, -0.1) is 0 Å². The largest absolute Gasteiger partial charge is 0.486 e. The molecule has 5 nitrogen and oxygen atoms in total. The molecule has 4 rings (SSSR count). The lowest BCUT2D eigenvalue weighted by molar-refractivity contribution is 0.171. The summed E-state index contributed by atoms with van der Waals surface area (Å²) in [6, 6.07) is 24.7. The van der Waals surface area contributed by atoms with E-state index in [0.717, 1.165) is 17.0 Å². The van der Waals surface area contributed by atoms with Crippen LogP contribution in [0, 0.1) is 0 Å². The van der Waals surface area contributed by atoms with Gasteiger partial charge in [0, 0.05) is 11.6 Å². The predicted octanol–water partition coefficient (Wildman–Crippen LogP) is 5.55. The van der Waals surface area contributed by atoms with Crippen molar-refractivity contribution in [3.63, 3.8) is 0 Å². The van der Waals surface area contributed by atoms with E-state index < -0.39 is 0 Å². The van der Waals surface area contributed by atoms with Crippen molar-refractivity contribution in [2.75, 3.05) is 13.2 Å². The Morgan fingerprint density at radius 2 is 1.52 bits per heavy atom. The van der Waals surface area contributed by atoms with Gasteiger partial charge in [-0.05, 0) is 43.3 Å². The highest BCUT2D eigenvalue weighted by Crippen LogP contribution is 2.33. The van der Waals surface area contributed by atoms with Gasteiger partial charge in [-0.3, -0.25) is 0 Å². The van der Waals surface area contributed by atoms with Crippen molar-refractivity contribution < 1.29 is 18.9 Å². The maximum absolute atomic E-state index is 6.02. The lowest BCUT2D eigenvalue weighted by atomic mass is 10.3. The first kappa shape index (κ1) is 18.6. The molecule has 0 aromatic heterocycles. The number of hydrogen-bond acceptors (Lipinski definition) is 5. The Labute approximate surface area is 169 Å². The second-order valence-corrected chi connectivity index (χ2v) is 6.39. The molecule has 0 fully saturated rings. The highest BCUT2D eigenvalue weighted by molar-refractivity contribution is 5.96. The van der Waals surface area contributed by atoms with Gasteiger partial charge in [-0.25, -0.2) is 4.99 Å². The molecule has 0 aliphatic carbocycles. The van der Waals surface area contributed by atoms with E-state index in [4.69, 9.17) is 18.9 Å². The number of nitrogens with zero attached hydrogens (tertiary/aromatic N) is 1. The molecule has 146 valence electrons. The van der Waals surface area contributed by atoms with Crippen molar-refractivity contribution in [2.24, 2.45) is 4.99 Å². The minimum atomic E-state index is 0.458. The van der Waals surface area contributed by atoms with Crippen LogP contribution in [0.1, 0.15) is 6.92 Å². The highest BCUT2D eigenvalue weighted by atomic mass is 16.6. The number of aliphatic imine (C=N–C) groups is 1. The molecule has 1 aliphatic heterocycles. The summed E-state index contributed by atoms with van der Waals surface area (Å²) in [6.45, 7) is 2.98. The third-order valence-electron chi connectivity index (χ3n) is 4.17. The van der Waals surface area contributed by atoms with E-state index >= 15 is 0 Å². The molecule has 5 heteroatoms. The van der Waals surface area contributed by atoms with Crippen molar-refractivity contribution in [1.29, 1.82) is 0 Å². The van der Waals surface area contributed by atoms with Crippen molar-refractivity contribution >= 4 is 11.6 Å². The smallest absolute Gasteiger partial charge is 0.225 e. The zero-order valence-electron chi connectivity index (χ0n) is 16.1. The molecule has 3 aromatic rings. The molecule has 0 saturated heterocycles. The van der Waals surface area contributed by atoms with Crippen LogP contribution in [-0.2, 0) is 0 Å². The molecule has 29 heavy (non-hydrogen) atoms. The third kappa shape index (κ3) is 4.96. The molecule has 1 heterocycles. The third-order valence-corrected chi connectivity index (χ3v) is 4.17. The van der Waals surface area contributed by atoms with Gasteiger partial charge in [-0.1, -0.05) is 36.4 Å². The number of para-hydroxylation sites is 2. The summed E-state index contributed by atoms with van der Waals surface area (Å²) < 4.78 is 23.0. The van der Waals surface area contributed by atoms with Crippen LogP contribution in [-0.4, -0.2) is 19.1 Å². The molecule has 0 radical (unpaired) electrons. The van der Waals surface area contributed by atoms with Crippen LogP contribution in [0.2, 0.25) is 0 Å². The number of hydrogen-bond donors (Lipinski definition) is 0. The average Bonchev–Trinajstić information content (AvgIpc) is 2.78. The van der Waals surface area contributed by atoms with Crippen LogP contribution in [0.3, 0.4) is 0 Å². The van der Waals surface area contributed by atoms with Crippen molar-refractivity contribution in [1.82, 2.24) is 0 Å². The fourth-order valence-corrected chi connectivity index (χ4v) is 2.72. The fourth-order valence-electron chi connectivity index (χ4n) is 2.72. The second-order valence-electron chi connectivity index (χ2n) is 6.39. The maximum Gasteiger partial charge on any atom is 0.225 e. The SMILES string of the molecule is CC(=COc1ccc2c(c1)OCCO2)C(=Nc1ccccc1)Oc1ccccc1. The first-order valence-electron chi connectivity index (χ1n) is 9.38. The number of benzene rings is 3. The molecule has 3 aromatic carbocycles. The van der Waals surface area contributed by atoms with Gasteiger partial charge in [0.1, 0.15) is 24.7 Å². The summed E-state index contributed by atoms with van der Waals surface area (Å²) in [5.41, 5.74) is 1.54. The van der Waals surface area contributed by atoms with Gasteiger partial charge in [-0.2, -0.15) is 0 Å². The summed E-state index contributed by atoms with van der Waals surface area (Å²) in [5, 5.41) is 0. The van der Waals surface area contributed by atoms with Crippen LogP contribution < -0.4 is 18.9 Å². The molecular formula is C24H21NO4. The summed E-state index contributed by atoms with van der Waals surface area (Å²) in [5.74, 6) is 3.21. The number of ether oxygens (including phenoxy) is 4. The van der Waals surface area contributed by atoms with Crippen molar-refractivity contribution in [3.05, 3.63) is 90.7 Å². The van der Waals surface area contributed by atoms with Crippen LogP contribution >= 0.6 is 0 Å². The Kier molecular flexibility index (Phi) is 5.76. The van der Waals surface area contributed by atoms with Crippen LogP contribution in [0.15, 0.2) is 95.7 Å². The minimum absolute atomic E-state index is 0.458. The highest BCUT2D eigenvalue weighted by Gasteiger charge is 2.12. The molecular weight excluding hydrogens is 366 g/mol. The van der Waals surface area contributed by atoms with Gasteiger partial charge in [0.05, 0.1) is 11.9 Å². The monoisotopic (exact) mass is 387 g/mol. The van der Waals surface area contributed by atoms with Crippen molar-refractivity contribution in [3.8, 4) is 23.0 Å². The maximum atomic E-state index is 6.02. The van der Waals surface area contributed by atoms with E-state index in [1.165, 1.54) is 0 Å². The first-order valence-corrected chi connectivity index (χ1v) is 9.38. The average molecular weight is 387 g/mol.